The number of piperazine rings is 1. The SMILES string of the molecule is CN1CCNC(CNc2ccc3c(c2)CC(=O)N3)C1. The second-order valence-corrected chi connectivity index (χ2v) is 5.39. The smallest absolute Gasteiger partial charge is 0.228 e. The van der Waals surface area contributed by atoms with Crippen LogP contribution < -0.4 is 16.0 Å². The number of rotatable bonds is 3. The van der Waals surface area contributed by atoms with Gasteiger partial charge in [-0.25, -0.2) is 0 Å². The fourth-order valence-corrected chi connectivity index (χ4v) is 2.71. The van der Waals surface area contributed by atoms with E-state index in [1.54, 1.807) is 0 Å². The van der Waals surface area contributed by atoms with Crippen LogP contribution in [-0.4, -0.2) is 50.1 Å². The van der Waals surface area contributed by atoms with Crippen molar-refractivity contribution in [1.29, 1.82) is 0 Å². The molecular weight excluding hydrogens is 240 g/mol. The van der Waals surface area contributed by atoms with Crippen LogP contribution in [0.25, 0.3) is 0 Å². The first-order chi connectivity index (χ1) is 9.20. The summed E-state index contributed by atoms with van der Waals surface area (Å²) in [4.78, 5) is 13.6. The maximum absolute atomic E-state index is 11.3. The predicted molar refractivity (Wildman–Crippen MR) is 76.6 cm³/mol. The lowest BCUT2D eigenvalue weighted by atomic mass is 10.1. The average molecular weight is 260 g/mol. The molecule has 1 aromatic rings. The fraction of sp³-hybridized carbons (Fsp3) is 0.500. The van der Waals surface area contributed by atoms with E-state index in [1.165, 1.54) is 0 Å². The number of likely N-dealkylation sites (N-methyl/N-ethyl adjacent to an activating group) is 1. The number of hydrogen-bond donors (Lipinski definition) is 3. The molecule has 1 unspecified atom stereocenters. The standard InChI is InChI=1S/C14H20N4O/c1-18-5-4-15-12(9-18)8-16-11-2-3-13-10(6-11)7-14(19)17-13/h2-3,6,12,15-16H,4-5,7-9H2,1H3,(H,17,19). The number of benzene rings is 1. The van der Waals surface area contributed by atoms with E-state index in [0.717, 1.165) is 43.1 Å². The summed E-state index contributed by atoms with van der Waals surface area (Å²) in [6, 6.07) is 6.55. The van der Waals surface area contributed by atoms with Gasteiger partial charge in [-0.2, -0.15) is 0 Å². The van der Waals surface area contributed by atoms with Crippen LogP contribution >= 0.6 is 0 Å². The molecule has 1 atom stereocenters. The first-order valence-electron chi connectivity index (χ1n) is 6.79. The topological polar surface area (TPSA) is 56.4 Å². The average Bonchev–Trinajstić information content (AvgIpc) is 2.75. The predicted octanol–water partition coefficient (Wildman–Crippen LogP) is 0.497. The van der Waals surface area contributed by atoms with Gasteiger partial charge in [0.25, 0.3) is 0 Å². The van der Waals surface area contributed by atoms with Gasteiger partial charge in [0.15, 0.2) is 0 Å². The number of anilines is 2. The minimum atomic E-state index is 0.0859. The van der Waals surface area contributed by atoms with Gasteiger partial charge < -0.3 is 20.9 Å². The number of nitrogens with one attached hydrogen (secondary N) is 3. The summed E-state index contributed by atoms with van der Waals surface area (Å²) in [6.45, 7) is 4.14. The number of amides is 1. The van der Waals surface area contributed by atoms with Gasteiger partial charge >= 0.3 is 0 Å². The highest BCUT2D eigenvalue weighted by Gasteiger charge is 2.18. The summed E-state index contributed by atoms with van der Waals surface area (Å²) < 4.78 is 0. The van der Waals surface area contributed by atoms with Gasteiger partial charge in [0.2, 0.25) is 5.91 Å². The maximum atomic E-state index is 11.3. The zero-order valence-corrected chi connectivity index (χ0v) is 11.2. The van der Waals surface area contributed by atoms with E-state index in [-0.39, 0.29) is 5.91 Å². The van der Waals surface area contributed by atoms with Crippen molar-refractivity contribution in [1.82, 2.24) is 10.2 Å². The summed E-state index contributed by atoms with van der Waals surface area (Å²) in [5, 5.41) is 9.81. The van der Waals surface area contributed by atoms with Crippen LogP contribution in [0, 0.1) is 0 Å². The minimum absolute atomic E-state index is 0.0859. The van der Waals surface area contributed by atoms with Crippen LogP contribution in [0.2, 0.25) is 0 Å². The normalized spacial score (nSPS) is 23.0. The summed E-state index contributed by atoms with van der Waals surface area (Å²) >= 11 is 0. The minimum Gasteiger partial charge on any atom is -0.383 e. The van der Waals surface area contributed by atoms with E-state index >= 15 is 0 Å². The lowest BCUT2D eigenvalue weighted by molar-refractivity contribution is -0.115. The Balaban J connectivity index is 1.58. The molecule has 5 heteroatoms. The Labute approximate surface area is 113 Å². The zero-order valence-electron chi connectivity index (χ0n) is 11.2. The molecule has 1 aromatic carbocycles. The van der Waals surface area contributed by atoms with E-state index in [2.05, 4.69) is 34.0 Å². The van der Waals surface area contributed by atoms with Gasteiger partial charge in [0, 0.05) is 43.6 Å². The summed E-state index contributed by atoms with van der Waals surface area (Å²) in [5.41, 5.74) is 3.13. The lowest BCUT2D eigenvalue weighted by Gasteiger charge is -2.31. The number of hydrogen-bond acceptors (Lipinski definition) is 4. The molecule has 5 nitrogen and oxygen atoms in total. The molecule has 1 amide bonds. The monoisotopic (exact) mass is 260 g/mol. The zero-order chi connectivity index (χ0) is 13.2. The molecule has 2 aliphatic heterocycles. The van der Waals surface area contributed by atoms with Crippen molar-refractivity contribution in [2.75, 3.05) is 43.9 Å². The van der Waals surface area contributed by atoms with Crippen molar-refractivity contribution < 1.29 is 4.79 Å². The van der Waals surface area contributed by atoms with E-state index in [9.17, 15) is 4.79 Å². The maximum Gasteiger partial charge on any atom is 0.228 e. The molecule has 19 heavy (non-hydrogen) atoms. The van der Waals surface area contributed by atoms with E-state index in [1.807, 2.05) is 12.1 Å². The van der Waals surface area contributed by atoms with Crippen LogP contribution in [0.5, 0.6) is 0 Å². The molecule has 3 rings (SSSR count). The highest BCUT2D eigenvalue weighted by atomic mass is 16.1. The summed E-state index contributed by atoms with van der Waals surface area (Å²) in [6.07, 6.45) is 0.495. The number of carbonyl (C=O) groups excluding carboxylic acids is 1. The molecule has 0 aromatic heterocycles. The lowest BCUT2D eigenvalue weighted by Crippen LogP contribution is -2.51. The number of carbonyl (C=O) groups is 1. The first kappa shape index (κ1) is 12.4. The molecule has 0 bridgehead atoms. The van der Waals surface area contributed by atoms with Gasteiger partial charge in [-0.05, 0) is 30.8 Å². The summed E-state index contributed by atoms with van der Waals surface area (Å²) in [7, 11) is 2.15. The van der Waals surface area contributed by atoms with Crippen molar-refractivity contribution in [3.63, 3.8) is 0 Å². The van der Waals surface area contributed by atoms with Gasteiger partial charge in [-0.15, -0.1) is 0 Å². The molecule has 0 spiro atoms. The van der Waals surface area contributed by atoms with Gasteiger partial charge in [0.05, 0.1) is 6.42 Å². The third-order valence-corrected chi connectivity index (χ3v) is 3.74. The van der Waals surface area contributed by atoms with E-state index < -0.39 is 0 Å². The second-order valence-electron chi connectivity index (χ2n) is 5.39. The third-order valence-electron chi connectivity index (χ3n) is 3.74. The molecule has 0 aliphatic carbocycles. The second kappa shape index (κ2) is 5.19. The molecule has 0 saturated carbocycles. The van der Waals surface area contributed by atoms with Crippen LogP contribution in [0.4, 0.5) is 11.4 Å². The van der Waals surface area contributed by atoms with Crippen molar-refractivity contribution in [2.24, 2.45) is 0 Å². The quantitative estimate of drug-likeness (QED) is 0.740. The molecule has 2 aliphatic rings. The summed E-state index contributed by atoms with van der Waals surface area (Å²) in [5.74, 6) is 0.0859. The molecule has 1 saturated heterocycles. The van der Waals surface area contributed by atoms with Crippen molar-refractivity contribution in [3.05, 3.63) is 23.8 Å². The highest BCUT2D eigenvalue weighted by Crippen LogP contribution is 2.25. The third kappa shape index (κ3) is 2.88. The van der Waals surface area contributed by atoms with E-state index in [4.69, 9.17) is 0 Å². The Kier molecular flexibility index (Phi) is 3.40. The largest absolute Gasteiger partial charge is 0.383 e. The van der Waals surface area contributed by atoms with Gasteiger partial charge in [-0.3, -0.25) is 4.79 Å². The Hall–Kier alpha value is -1.59. The van der Waals surface area contributed by atoms with Gasteiger partial charge in [-0.1, -0.05) is 0 Å². The molecule has 1 fully saturated rings. The van der Waals surface area contributed by atoms with Gasteiger partial charge in [0.1, 0.15) is 0 Å². The molecule has 0 radical (unpaired) electrons. The molecular formula is C14H20N4O. The van der Waals surface area contributed by atoms with Crippen molar-refractivity contribution in [2.45, 2.75) is 12.5 Å². The fourth-order valence-electron chi connectivity index (χ4n) is 2.71. The Morgan fingerprint density at radius 2 is 2.37 bits per heavy atom. The highest BCUT2D eigenvalue weighted by molar-refractivity contribution is 5.99. The Bertz CT molecular complexity index is 488. The molecule has 3 N–H and O–H groups in total. The van der Waals surface area contributed by atoms with Crippen LogP contribution in [-0.2, 0) is 11.2 Å². The molecule has 102 valence electrons. The van der Waals surface area contributed by atoms with Crippen LogP contribution in [0.3, 0.4) is 0 Å². The number of nitrogens with zero attached hydrogens (tertiary/aromatic N) is 1. The Morgan fingerprint density at radius 3 is 3.21 bits per heavy atom. The first-order valence-corrected chi connectivity index (χ1v) is 6.79. The Morgan fingerprint density at radius 1 is 1.47 bits per heavy atom. The van der Waals surface area contributed by atoms with Crippen LogP contribution in [0.15, 0.2) is 18.2 Å². The van der Waals surface area contributed by atoms with E-state index in [0.29, 0.717) is 12.5 Å². The van der Waals surface area contributed by atoms with Crippen molar-refractivity contribution >= 4 is 17.3 Å². The molecule has 2 heterocycles. The van der Waals surface area contributed by atoms with Crippen molar-refractivity contribution in [3.8, 4) is 0 Å². The number of fused-ring (bicyclic) bond motifs is 1. The van der Waals surface area contributed by atoms with Crippen LogP contribution in [0.1, 0.15) is 5.56 Å².